The molecule has 0 fully saturated rings. The van der Waals surface area contributed by atoms with Gasteiger partial charge in [-0.3, -0.25) is 4.79 Å². The number of hydrogen-bond donors (Lipinski definition) is 3. The first-order valence-corrected chi connectivity index (χ1v) is 5.90. The van der Waals surface area contributed by atoms with E-state index < -0.39 is 12.0 Å². The first kappa shape index (κ1) is 14.2. The van der Waals surface area contributed by atoms with Crippen LogP contribution >= 0.6 is 0 Å². The van der Waals surface area contributed by atoms with E-state index in [1.807, 2.05) is 6.92 Å². The molecule has 0 radical (unpaired) electrons. The minimum Gasteiger partial charge on any atom is -0.478 e. The highest BCUT2D eigenvalue weighted by molar-refractivity contribution is 5.89. The summed E-state index contributed by atoms with van der Waals surface area (Å²) < 4.78 is 0. The SMILES string of the molecule is CC[C@@H](N)C(=O)NCCc1ccccc1C(=O)O. The van der Waals surface area contributed by atoms with Crippen LogP contribution in [0, 0.1) is 0 Å². The average Bonchev–Trinajstić information content (AvgIpc) is 2.38. The summed E-state index contributed by atoms with van der Waals surface area (Å²) in [7, 11) is 0. The molecule has 5 heteroatoms. The molecule has 0 aliphatic rings. The van der Waals surface area contributed by atoms with Gasteiger partial charge in [0.05, 0.1) is 11.6 Å². The monoisotopic (exact) mass is 250 g/mol. The Labute approximate surface area is 106 Å². The number of nitrogens with one attached hydrogen (secondary N) is 1. The summed E-state index contributed by atoms with van der Waals surface area (Å²) in [6.45, 7) is 2.22. The molecule has 5 nitrogen and oxygen atoms in total. The molecule has 0 saturated heterocycles. The van der Waals surface area contributed by atoms with E-state index in [2.05, 4.69) is 5.32 Å². The van der Waals surface area contributed by atoms with Crippen LogP contribution in [0.25, 0.3) is 0 Å². The first-order chi connectivity index (χ1) is 8.56. The van der Waals surface area contributed by atoms with Crippen LogP contribution < -0.4 is 11.1 Å². The van der Waals surface area contributed by atoms with Crippen molar-refractivity contribution in [1.82, 2.24) is 5.32 Å². The molecule has 1 aromatic rings. The molecule has 1 atom stereocenters. The second kappa shape index (κ2) is 6.76. The van der Waals surface area contributed by atoms with Crippen LogP contribution in [0.5, 0.6) is 0 Å². The number of rotatable bonds is 6. The quantitative estimate of drug-likeness (QED) is 0.695. The predicted octanol–water partition coefficient (Wildman–Crippen LogP) is 0.781. The molecule has 0 spiro atoms. The van der Waals surface area contributed by atoms with E-state index >= 15 is 0 Å². The minimum atomic E-state index is -0.956. The van der Waals surface area contributed by atoms with Gasteiger partial charge in [-0.15, -0.1) is 0 Å². The molecular formula is C13H18N2O3. The highest BCUT2D eigenvalue weighted by atomic mass is 16.4. The summed E-state index contributed by atoms with van der Waals surface area (Å²) in [5, 5.41) is 11.7. The Hall–Kier alpha value is -1.88. The zero-order valence-electron chi connectivity index (χ0n) is 10.3. The molecule has 0 heterocycles. The van der Waals surface area contributed by atoms with Gasteiger partial charge in [-0.2, -0.15) is 0 Å². The summed E-state index contributed by atoms with van der Waals surface area (Å²) in [6.07, 6.45) is 1.06. The Bertz CT molecular complexity index is 432. The van der Waals surface area contributed by atoms with Crippen molar-refractivity contribution in [3.63, 3.8) is 0 Å². The molecule has 0 aliphatic heterocycles. The molecule has 0 aromatic heterocycles. The number of carbonyl (C=O) groups is 2. The molecule has 0 bridgehead atoms. The van der Waals surface area contributed by atoms with Gasteiger partial charge in [0.15, 0.2) is 0 Å². The van der Waals surface area contributed by atoms with Crippen molar-refractivity contribution in [1.29, 1.82) is 0 Å². The molecule has 1 aromatic carbocycles. The van der Waals surface area contributed by atoms with Gasteiger partial charge in [-0.25, -0.2) is 4.79 Å². The zero-order valence-corrected chi connectivity index (χ0v) is 10.3. The highest BCUT2D eigenvalue weighted by Crippen LogP contribution is 2.08. The van der Waals surface area contributed by atoms with Gasteiger partial charge in [-0.05, 0) is 24.5 Å². The first-order valence-electron chi connectivity index (χ1n) is 5.90. The van der Waals surface area contributed by atoms with E-state index in [0.29, 0.717) is 24.9 Å². The predicted molar refractivity (Wildman–Crippen MR) is 68.4 cm³/mol. The van der Waals surface area contributed by atoms with Crippen LogP contribution in [0.15, 0.2) is 24.3 Å². The molecule has 1 rings (SSSR count). The third kappa shape index (κ3) is 3.85. The fourth-order valence-electron chi connectivity index (χ4n) is 1.58. The van der Waals surface area contributed by atoms with Gasteiger partial charge in [0.25, 0.3) is 0 Å². The number of hydrogen-bond acceptors (Lipinski definition) is 3. The standard InChI is InChI=1S/C13H18N2O3/c1-2-11(14)12(16)15-8-7-9-5-3-4-6-10(9)13(17)18/h3-6,11H,2,7-8,14H2,1H3,(H,15,16)(H,17,18)/t11-/m1/s1. The normalized spacial score (nSPS) is 11.9. The van der Waals surface area contributed by atoms with E-state index in [1.165, 1.54) is 0 Å². The zero-order chi connectivity index (χ0) is 13.5. The highest BCUT2D eigenvalue weighted by Gasteiger charge is 2.11. The van der Waals surface area contributed by atoms with Gasteiger partial charge >= 0.3 is 5.97 Å². The Balaban J connectivity index is 2.54. The molecule has 0 saturated carbocycles. The maximum absolute atomic E-state index is 11.4. The summed E-state index contributed by atoms with van der Waals surface area (Å²) in [5.74, 6) is -1.16. The number of carbonyl (C=O) groups excluding carboxylic acids is 1. The van der Waals surface area contributed by atoms with Crippen molar-refractivity contribution >= 4 is 11.9 Å². The van der Waals surface area contributed by atoms with Crippen LogP contribution in [0.1, 0.15) is 29.3 Å². The maximum atomic E-state index is 11.4. The fraction of sp³-hybridized carbons (Fsp3) is 0.385. The Kier molecular flexibility index (Phi) is 5.32. The second-order valence-corrected chi connectivity index (χ2v) is 4.02. The van der Waals surface area contributed by atoms with E-state index in [4.69, 9.17) is 10.8 Å². The average molecular weight is 250 g/mol. The topological polar surface area (TPSA) is 92.4 Å². The number of benzene rings is 1. The van der Waals surface area contributed by atoms with Crippen molar-refractivity contribution in [2.75, 3.05) is 6.54 Å². The third-order valence-corrected chi connectivity index (χ3v) is 2.72. The van der Waals surface area contributed by atoms with Crippen molar-refractivity contribution in [3.05, 3.63) is 35.4 Å². The summed E-state index contributed by atoms with van der Waals surface area (Å²) in [5.41, 5.74) is 6.54. The maximum Gasteiger partial charge on any atom is 0.335 e. The molecular weight excluding hydrogens is 232 g/mol. The van der Waals surface area contributed by atoms with Gasteiger partial charge in [0.1, 0.15) is 0 Å². The Morgan fingerprint density at radius 2 is 2.06 bits per heavy atom. The molecule has 4 N–H and O–H groups in total. The largest absolute Gasteiger partial charge is 0.478 e. The molecule has 0 unspecified atom stereocenters. The lowest BCUT2D eigenvalue weighted by molar-refractivity contribution is -0.122. The van der Waals surface area contributed by atoms with Crippen LogP contribution in [-0.4, -0.2) is 29.6 Å². The number of carboxylic acid groups (broad SMARTS) is 1. The van der Waals surface area contributed by atoms with Gasteiger partial charge in [0, 0.05) is 6.54 Å². The van der Waals surface area contributed by atoms with Gasteiger partial charge in [0.2, 0.25) is 5.91 Å². The molecule has 1 amide bonds. The molecule has 18 heavy (non-hydrogen) atoms. The van der Waals surface area contributed by atoms with Gasteiger partial charge in [-0.1, -0.05) is 25.1 Å². The van der Waals surface area contributed by atoms with Crippen LogP contribution in [0.4, 0.5) is 0 Å². The Morgan fingerprint density at radius 1 is 1.39 bits per heavy atom. The summed E-state index contributed by atoms with van der Waals surface area (Å²) >= 11 is 0. The fourth-order valence-corrected chi connectivity index (χ4v) is 1.58. The number of amides is 1. The van der Waals surface area contributed by atoms with E-state index in [-0.39, 0.29) is 11.5 Å². The lowest BCUT2D eigenvalue weighted by Crippen LogP contribution is -2.40. The third-order valence-electron chi connectivity index (χ3n) is 2.72. The van der Waals surface area contributed by atoms with E-state index in [9.17, 15) is 9.59 Å². The van der Waals surface area contributed by atoms with Gasteiger partial charge < -0.3 is 16.2 Å². The van der Waals surface area contributed by atoms with Crippen LogP contribution in [0.3, 0.4) is 0 Å². The summed E-state index contributed by atoms with van der Waals surface area (Å²) in [6, 6.07) is 6.26. The van der Waals surface area contributed by atoms with Crippen molar-refractivity contribution in [2.24, 2.45) is 5.73 Å². The lowest BCUT2D eigenvalue weighted by atomic mass is 10.0. The Morgan fingerprint density at radius 3 is 2.67 bits per heavy atom. The smallest absolute Gasteiger partial charge is 0.335 e. The van der Waals surface area contributed by atoms with Crippen LogP contribution in [-0.2, 0) is 11.2 Å². The molecule has 0 aliphatic carbocycles. The number of carboxylic acids is 1. The summed E-state index contributed by atoms with van der Waals surface area (Å²) in [4.78, 5) is 22.4. The van der Waals surface area contributed by atoms with Crippen molar-refractivity contribution < 1.29 is 14.7 Å². The molecule has 98 valence electrons. The number of nitrogens with two attached hydrogens (primary N) is 1. The number of aromatic carboxylic acids is 1. The van der Waals surface area contributed by atoms with E-state index in [0.717, 1.165) is 0 Å². The van der Waals surface area contributed by atoms with Crippen molar-refractivity contribution in [3.8, 4) is 0 Å². The van der Waals surface area contributed by atoms with Crippen LogP contribution in [0.2, 0.25) is 0 Å². The van der Waals surface area contributed by atoms with E-state index in [1.54, 1.807) is 24.3 Å². The van der Waals surface area contributed by atoms with Crippen molar-refractivity contribution in [2.45, 2.75) is 25.8 Å². The lowest BCUT2D eigenvalue weighted by Gasteiger charge is -2.10. The second-order valence-electron chi connectivity index (χ2n) is 4.02. The minimum absolute atomic E-state index is 0.203.